The number of rotatable bonds is 8. The fraction of sp³-hybridized carbons (Fsp3) is 0.385. The van der Waals surface area contributed by atoms with Crippen LogP contribution in [0.25, 0.3) is 0 Å². The summed E-state index contributed by atoms with van der Waals surface area (Å²) in [6.45, 7) is 5.44. The van der Waals surface area contributed by atoms with Crippen molar-refractivity contribution in [1.29, 1.82) is 0 Å². The molecule has 0 saturated carbocycles. The van der Waals surface area contributed by atoms with E-state index in [0.29, 0.717) is 5.13 Å². The Kier molecular flexibility index (Phi) is 7.30. The van der Waals surface area contributed by atoms with Crippen molar-refractivity contribution < 1.29 is 14.3 Å². The fourth-order valence-electron chi connectivity index (χ4n) is 4.45. The molecule has 1 aliphatic rings. The predicted molar refractivity (Wildman–Crippen MR) is 133 cm³/mol. The maximum absolute atomic E-state index is 12.5. The number of aromatic nitrogens is 1. The first kappa shape index (κ1) is 23.3. The lowest BCUT2D eigenvalue weighted by molar-refractivity contribution is -0.115. The van der Waals surface area contributed by atoms with Crippen molar-refractivity contribution in [2.45, 2.75) is 45.7 Å². The van der Waals surface area contributed by atoms with Gasteiger partial charge in [0.15, 0.2) is 5.13 Å². The van der Waals surface area contributed by atoms with Crippen LogP contribution in [0, 0.1) is 0 Å². The summed E-state index contributed by atoms with van der Waals surface area (Å²) in [6.07, 6.45) is 3.17. The van der Waals surface area contributed by atoms with Crippen LogP contribution in [0.5, 0.6) is 11.5 Å². The van der Waals surface area contributed by atoms with E-state index >= 15 is 0 Å². The van der Waals surface area contributed by atoms with Gasteiger partial charge in [-0.25, -0.2) is 4.98 Å². The maximum Gasteiger partial charge on any atom is 0.230 e. The molecule has 1 aliphatic heterocycles. The Bertz CT molecular complexity index is 1100. The van der Waals surface area contributed by atoms with Crippen molar-refractivity contribution in [2.24, 2.45) is 0 Å². The number of ether oxygens (including phenoxy) is 2. The van der Waals surface area contributed by atoms with Crippen molar-refractivity contribution in [1.82, 2.24) is 9.88 Å². The van der Waals surface area contributed by atoms with Crippen LogP contribution in [-0.2, 0) is 17.8 Å². The normalized spacial score (nSPS) is 16.1. The van der Waals surface area contributed by atoms with Gasteiger partial charge in [-0.3, -0.25) is 14.6 Å². The Hall–Kier alpha value is -2.90. The smallest absolute Gasteiger partial charge is 0.230 e. The van der Waals surface area contributed by atoms with E-state index in [9.17, 15) is 4.79 Å². The molecule has 0 spiro atoms. The van der Waals surface area contributed by atoms with Gasteiger partial charge in [0.1, 0.15) is 11.5 Å². The van der Waals surface area contributed by atoms with Crippen LogP contribution >= 0.6 is 11.3 Å². The molecule has 7 heteroatoms. The highest BCUT2D eigenvalue weighted by molar-refractivity contribution is 7.14. The van der Waals surface area contributed by atoms with Gasteiger partial charge in [0, 0.05) is 36.5 Å². The number of aryl methyl sites for hydroxylation is 1. The largest absolute Gasteiger partial charge is 0.497 e. The predicted octanol–water partition coefficient (Wildman–Crippen LogP) is 5.74. The van der Waals surface area contributed by atoms with Crippen molar-refractivity contribution in [3.8, 4) is 11.5 Å². The molecule has 6 nitrogen and oxygen atoms in total. The molecule has 0 bridgehead atoms. The number of likely N-dealkylation sites (tertiary alicyclic amines) is 1. The Balaban J connectivity index is 1.54. The third kappa shape index (κ3) is 5.04. The minimum atomic E-state index is -0.0397. The van der Waals surface area contributed by atoms with E-state index in [4.69, 9.17) is 14.5 Å². The Labute approximate surface area is 199 Å². The quantitative estimate of drug-likeness (QED) is 0.424. The minimum Gasteiger partial charge on any atom is -0.497 e. The third-order valence-electron chi connectivity index (χ3n) is 6.18. The number of benzene rings is 2. The summed E-state index contributed by atoms with van der Waals surface area (Å²) in [5.74, 6) is 1.60. The SMILES string of the molecule is CCc1ccc(N(C(C)=O)c2nc(CN3CCC[C@@H]3c3ccc(OC)cc3OC)cs2)cc1. The molecule has 4 rings (SSSR count). The van der Waals surface area contributed by atoms with Crippen molar-refractivity contribution >= 4 is 28.1 Å². The van der Waals surface area contributed by atoms with E-state index < -0.39 is 0 Å². The highest BCUT2D eigenvalue weighted by Gasteiger charge is 2.29. The van der Waals surface area contributed by atoms with E-state index in [1.54, 1.807) is 26.0 Å². The van der Waals surface area contributed by atoms with Crippen LogP contribution in [0.1, 0.15) is 49.6 Å². The van der Waals surface area contributed by atoms with Gasteiger partial charge in [0.2, 0.25) is 5.91 Å². The van der Waals surface area contributed by atoms with Crippen LogP contribution in [0.15, 0.2) is 47.8 Å². The number of methoxy groups -OCH3 is 2. The summed E-state index contributed by atoms with van der Waals surface area (Å²) in [5, 5.41) is 2.77. The second-order valence-corrected chi connectivity index (χ2v) is 9.07. The van der Waals surface area contributed by atoms with E-state index in [1.807, 2.05) is 24.3 Å². The zero-order valence-corrected chi connectivity index (χ0v) is 20.5. The fourth-order valence-corrected chi connectivity index (χ4v) is 5.33. The summed E-state index contributed by atoms with van der Waals surface area (Å²) < 4.78 is 11.0. The van der Waals surface area contributed by atoms with E-state index in [1.165, 1.54) is 22.5 Å². The molecular formula is C26H31N3O3S. The lowest BCUT2D eigenvalue weighted by atomic mass is 10.0. The van der Waals surface area contributed by atoms with Crippen LogP contribution in [0.4, 0.5) is 10.8 Å². The summed E-state index contributed by atoms with van der Waals surface area (Å²) in [7, 11) is 3.37. The molecule has 3 aromatic rings. The van der Waals surface area contributed by atoms with Gasteiger partial charge < -0.3 is 9.47 Å². The monoisotopic (exact) mass is 465 g/mol. The van der Waals surface area contributed by atoms with E-state index in [-0.39, 0.29) is 11.9 Å². The molecule has 1 atom stereocenters. The lowest BCUT2D eigenvalue weighted by Gasteiger charge is -2.25. The topological polar surface area (TPSA) is 54.9 Å². The molecular weight excluding hydrogens is 434 g/mol. The molecule has 0 unspecified atom stereocenters. The summed E-state index contributed by atoms with van der Waals surface area (Å²) in [5.41, 5.74) is 4.25. The molecule has 0 radical (unpaired) electrons. The van der Waals surface area contributed by atoms with Gasteiger partial charge in [0.05, 0.1) is 25.6 Å². The first-order chi connectivity index (χ1) is 16.0. The Morgan fingerprint density at radius 2 is 1.97 bits per heavy atom. The lowest BCUT2D eigenvalue weighted by Crippen LogP contribution is -2.24. The first-order valence-electron chi connectivity index (χ1n) is 11.3. The second-order valence-electron chi connectivity index (χ2n) is 8.23. The standard InChI is InChI=1S/C26H31N3O3S/c1-5-19-8-10-21(11-9-19)29(18(2)30)26-27-20(17-33-26)16-28-14-6-7-24(28)23-13-12-22(31-3)15-25(23)32-4/h8-13,15,17,24H,5-7,14,16H2,1-4H3/t24-/m1/s1. The molecule has 2 heterocycles. The Morgan fingerprint density at radius 1 is 1.18 bits per heavy atom. The van der Waals surface area contributed by atoms with Gasteiger partial charge >= 0.3 is 0 Å². The number of amides is 1. The van der Waals surface area contributed by atoms with E-state index in [0.717, 1.165) is 55.2 Å². The Morgan fingerprint density at radius 3 is 2.64 bits per heavy atom. The van der Waals surface area contributed by atoms with Gasteiger partial charge in [-0.1, -0.05) is 25.1 Å². The van der Waals surface area contributed by atoms with Gasteiger partial charge in [-0.05, 0) is 49.6 Å². The minimum absolute atomic E-state index is 0.0397. The number of carbonyl (C=O) groups excluding carboxylic acids is 1. The van der Waals surface area contributed by atoms with Gasteiger partial charge in [0.25, 0.3) is 0 Å². The average Bonchev–Trinajstić information content (AvgIpc) is 3.49. The second kappa shape index (κ2) is 10.4. The van der Waals surface area contributed by atoms with Crippen molar-refractivity contribution in [3.63, 3.8) is 0 Å². The van der Waals surface area contributed by atoms with Gasteiger partial charge in [-0.15, -0.1) is 11.3 Å². The average molecular weight is 466 g/mol. The number of hydrogen-bond donors (Lipinski definition) is 0. The number of thiazole rings is 1. The molecule has 174 valence electrons. The summed E-state index contributed by atoms with van der Waals surface area (Å²) in [4.78, 5) is 21.5. The third-order valence-corrected chi connectivity index (χ3v) is 7.05. The van der Waals surface area contributed by atoms with Crippen LogP contribution in [0.3, 0.4) is 0 Å². The maximum atomic E-state index is 12.5. The molecule has 0 N–H and O–H groups in total. The highest BCUT2D eigenvalue weighted by atomic mass is 32.1. The van der Waals surface area contributed by atoms with Crippen molar-refractivity contribution in [2.75, 3.05) is 25.7 Å². The number of hydrogen-bond acceptors (Lipinski definition) is 6. The number of anilines is 2. The van der Waals surface area contributed by atoms with Gasteiger partial charge in [-0.2, -0.15) is 0 Å². The van der Waals surface area contributed by atoms with Crippen LogP contribution in [0.2, 0.25) is 0 Å². The number of carbonyl (C=O) groups is 1. The van der Waals surface area contributed by atoms with E-state index in [2.05, 4.69) is 35.4 Å². The van der Waals surface area contributed by atoms with Crippen LogP contribution in [-0.4, -0.2) is 36.6 Å². The molecule has 1 aromatic heterocycles. The zero-order valence-electron chi connectivity index (χ0n) is 19.7. The first-order valence-corrected chi connectivity index (χ1v) is 12.2. The molecule has 0 aliphatic carbocycles. The van der Waals surface area contributed by atoms with Crippen LogP contribution < -0.4 is 14.4 Å². The molecule has 1 fully saturated rings. The van der Waals surface area contributed by atoms with Crippen molar-refractivity contribution in [3.05, 3.63) is 64.7 Å². The summed E-state index contributed by atoms with van der Waals surface area (Å²) in [6, 6.07) is 14.4. The molecule has 2 aromatic carbocycles. The molecule has 1 amide bonds. The zero-order chi connectivity index (χ0) is 23.4. The molecule has 33 heavy (non-hydrogen) atoms. The molecule has 1 saturated heterocycles. The number of nitrogens with zero attached hydrogens (tertiary/aromatic N) is 3. The highest BCUT2D eigenvalue weighted by Crippen LogP contribution is 2.40. The summed E-state index contributed by atoms with van der Waals surface area (Å²) >= 11 is 1.51.